The Morgan fingerprint density at radius 3 is 2.75 bits per heavy atom. The number of aliphatic hydroxyl groups is 1. The summed E-state index contributed by atoms with van der Waals surface area (Å²) in [5, 5.41) is 9.32. The molecule has 0 aliphatic rings. The zero-order valence-corrected chi connectivity index (χ0v) is 7.64. The summed E-state index contributed by atoms with van der Waals surface area (Å²) >= 11 is 0. The van der Waals surface area contributed by atoms with E-state index in [1.54, 1.807) is 0 Å². The average molecular weight is 164 g/mol. The van der Waals surface area contributed by atoms with Gasteiger partial charge in [-0.2, -0.15) is 0 Å². The van der Waals surface area contributed by atoms with Crippen molar-refractivity contribution in [3.05, 3.63) is 18.1 Å². The molecule has 1 N–H and O–H groups in total. The van der Waals surface area contributed by atoms with Crippen LogP contribution in [0.1, 0.15) is 32.6 Å². The molecule has 0 rings (SSSR count). The van der Waals surface area contributed by atoms with Crippen LogP contribution in [0.2, 0.25) is 0 Å². The highest BCUT2D eigenvalue weighted by Gasteiger charge is 2.10. The van der Waals surface area contributed by atoms with Crippen molar-refractivity contribution >= 4 is 0 Å². The highest BCUT2D eigenvalue weighted by Crippen LogP contribution is 2.18. The summed E-state index contributed by atoms with van der Waals surface area (Å²) in [6.45, 7) is 5.50. The van der Waals surface area contributed by atoms with Gasteiger partial charge in [0, 0.05) is 12.3 Å². The SMILES string of the molecule is C#CCC(CCCC)C(O)=C=C. The van der Waals surface area contributed by atoms with Gasteiger partial charge in [0.2, 0.25) is 0 Å². The minimum absolute atomic E-state index is 0.0625. The van der Waals surface area contributed by atoms with Gasteiger partial charge in [0.1, 0.15) is 5.76 Å². The average Bonchev–Trinajstić information content (AvgIpc) is 2.11. The molecule has 0 spiro atoms. The molecule has 0 radical (unpaired) electrons. The third-order valence-electron chi connectivity index (χ3n) is 1.84. The molecule has 12 heavy (non-hydrogen) atoms. The summed E-state index contributed by atoms with van der Waals surface area (Å²) in [7, 11) is 0. The first-order chi connectivity index (χ1) is 5.76. The largest absolute Gasteiger partial charge is 0.504 e. The van der Waals surface area contributed by atoms with E-state index in [0.717, 1.165) is 19.3 Å². The van der Waals surface area contributed by atoms with Crippen molar-refractivity contribution in [3.63, 3.8) is 0 Å². The van der Waals surface area contributed by atoms with Gasteiger partial charge in [0.15, 0.2) is 0 Å². The van der Waals surface area contributed by atoms with Gasteiger partial charge in [0.05, 0.1) is 0 Å². The van der Waals surface area contributed by atoms with Crippen LogP contribution < -0.4 is 0 Å². The molecule has 0 aliphatic carbocycles. The Labute approximate surface area is 74.8 Å². The van der Waals surface area contributed by atoms with Crippen LogP contribution in [0.3, 0.4) is 0 Å². The fourth-order valence-corrected chi connectivity index (χ4v) is 1.07. The molecule has 1 nitrogen and oxygen atoms in total. The lowest BCUT2D eigenvalue weighted by Gasteiger charge is -2.10. The smallest absolute Gasteiger partial charge is 0.138 e. The van der Waals surface area contributed by atoms with Gasteiger partial charge < -0.3 is 5.11 Å². The van der Waals surface area contributed by atoms with E-state index in [4.69, 9.17) is 6.42 Å². The second kappa shape index (κ2) is 6.58. The summed E-state index contributed by atoms with van der Waals surface area (Å²) in [5.74, 6) is 2.82. The van der Waals surface area contributed by atoms with E-state index in [1.807, 2.05) is 0 Å². The summed E-state index contributed by atoms with van der Waals surface area (Å²) in [6.07, 6.45) is 8.87. The predicted octanol–water partition coefficient (Wildman–Crippen LogP) is 3.04. The minimum Gasteiger partial charge on any atom is -0.504 e. The van der Waals surface area contributed by atoms with Crippen LogP contribution in [-0.2, 0) is 0 Å². The second-order valence-corrected chi connectivity index (χ2v) is 2.81. The van der Waals surface area contributed by atoms with Crippen molar-refractivity contribution in [2.45, 2.75) is 32.6 Å². The van der Waals surface area contributed by atoms with Gasteiger partial charge in [-0.3, -0.25) is 0 Å². The van der Waals surface area contributed by atoms with E-state index < -0.39 is 0 Å². The maximum absolute atomic E-state index is 9.32. The number of rotatable bonds is 5. The van der Waals surface area contributed by atoms with Crippen LogP contribution in [0.4, 0.5) is 0 Å². The van der Waals surface area contributed by atoms with Crippen molar-refractivity contribution < 1.29 is 5.11 Å². The van der Waals surface area contributed by atoms with E-state index in [0.29, 0.717) is 6.42 Å². The van der Waals surface area contributed by atoms with Gasteiger partial charge in [-0.1, -0.05) is 32.1 Å². The Hall–Kier alpha value is -1.12. The molecule has 1 unspecified atom stereocenters. The van der Waals surface area contributed by atoms with Gasteiger partial charge in [-0.05, 0) is 6.42 Å². The molecule has 0 aliphatic heterocycles. The highest BCUT2D eigenvalue weighted by molar-refractivity contribution is 5.00. The van der Waals surface area contributed by atoms with Crippen molar-refractivity contribution in [1.82, 2.24) is 0 Å². The molecule has 66 valence electrons. The Morgan fingerprint density at radius 2 is 2.33 bits per heavy atom. The number of hydrogen-bond acceptors (Lipinski definition) is 1. The molecule has 0 aromatic rings. The molecular formula is C11H16O. The molecular weight excluding hydrogens is 148 g/mol. The zero-order valence-electron chi connectivity index (χ0n) is 7.64. The molecule has 1 heteroatoms. The first kappa shape index (κ1) is 10.9. The van der Waals surface area contributed by atoms with Crippen LogP contribution in [0, 0.1) is 18.3 Å². The van der Waals surface area contributed by atoms with Crippen LogP contribution >= 0.6 is 0 Å². The highest BCUT2D eigenvalue weighted by atomic mass is 16.3. The third-order valence-corrected chi connectivity index (χ3v) is 1.84. The Morgan fingerprint density at radius 1 is 1.67 bits per heavy atom. The summed E-state index contributed by atoms with van der Waals surface area (Å²) < 4.78 is 0. The third kappa shape index (κ3) is 3.91. The lowest BCUT2D eigenvalue weighted by molar-refractivity contribution is 0.318. The fourth-order valence-electron chi connectivity index (χ4n) is 1.07. The lowest BCUT2D eigenvalue weighted by atomic mass is 9.97. The first-order valence-electron chi connectivity index (χ1n) is 4.28. The molecule has 0 bridgehead atoms. The minimum atomic E-state index is 0.0625. The molecule has 0 amide bonds. The quantitative estimate of drug-likeness (QED) is 0.376. The van der Waals surface area contributed by atoms with E-state index >= 15 is 0 Å². The maximum atomic E-state index is 9.32. The van der Waals surface area contributed by atoms with Crippen LogP contribution in [-0.4, -0.2) is 5.11 Å². The van der Waals surface area contributed by atoms with Crippen LogP contribution in [0.15, 0.2) is 18.1 Å². The summed E-state index contributed by atoms with van der Waals surface area (Å²) in [6, 6.07) is 0. The molecule has 1 atom stereocenters. The monoisotopic (exact) mass is 164 g/mol. The van der Waals surface area contributed by atoms with Gasteiger partial charge in [-0.15, -0.1) is 12.3 Å². The first-order valence-corrected chi connectivity index (χ1v) is 4.28. The summed E-state index contributed by atoms with van der Waals surface area (Å²) in [4.78, 5) is 0. The molecule has 0 aromatic heterocycles. The number of allylic oxidation sites excluding steroid dienone is 1. The number of terminal acetylenes is 1. The normalized spacial score (nSPS) is 11.3. The van der Waals surface area contributed by atoms with Gasteiger partial charge >= 0.3 is 0 Å². The molecule has 0 heterocycles. The zero-order chi connectivity index (χ0) is 9.40. The van der Waals surface area contributed by atoms with Crippen molar-refractivity contribution in [3.8, 4) is 12.3 Å². The fraction of sp³-hybridized carbons (Fsp3) is 0.545. The summed E-state index contributed by atoms with van der Waals surface area (Å²) in [5.41, 5.74) is 2.49. The van der Waals surface area contributed by atoms with E-state index in [1.165, 1.54) is 0 Å². The van der Waals surface area contributed by atoms with Crippen molar-refractivity contribution in [1.29, 1.82) is 0 Å². The molecule has 0 saturated heterocycles. The molecule has 0 aromatic carbocycles. The standard InChI is InChI=1S/C11H16O/c1-4-7-9-10(8-5-2)11(12)6-3/h2,10,12H,3-4,7-9H2,1H3. The van der Waals surface area contributed by atoms with Crippen LogP contribution in [0.25, 0.3) is 0 Å². The molecule has 0 saturated carbocycles. The topological polar surface area (TPSA) is 20.2 Å². The van der Waals surface area contributed by atoms with E-state index in [9.17, 15) is 5.11 Å². The molecule has 0 fully saturated rings. The Balaban J connectivity index is 4.05. The predicted molar refractivity (Wildman–Crippen MR) is 51.7 cm³/mol. The Bertz CT molecular complexity index is 204. The van der Waals surface area contributed by atoms with E-state index in [2.05, 4.69) is 25.2 Å². The van der Waals surface area contributed by atoms with Crippen molar-refractivity contribution in [2.75, 3.05) is 0 Å². The number of unbranched alkanes of at least 4 members (excludes halogenated alkanes) is 1. The number of hydrogen-bond donors (Lipinski definition) is 1. The second-order valence-electron chi connectivity index (χ2n) is 2.81. The van der Waals surface area contributed by atoms with E-state index in [-0.39, 0.29) is 11.7 Å². The van der Waals surface area contributed by atoms with Gasteiger partial charge in [0.25, 0.3) is 0 Å². The maximum Gasteiger partial charge on any atom is 0.138 e. The van der Waals surface area contributed by atoms with Gasteiger partial charge in [-0.25, -0.2) is 0 Å². The Kier molecular flexibility index (Phi) is 5.97. The van der Waals surface area contributed by atoms with Crippen molar-refractivity contribution in [2.24, 2.45) is 5.92 Å². The number of aliphatic hydroxyl groups excluding tert-OH is 1. The van der Waals surface area contributed by atoms with Crippen LogP contribution in [0.5, 0.6) is 0 Å². The lowest BCUT2D eigenvalue weighted by Crippen LogP contribution is -2.02.